The van der Waals surface area contributed by atoms with Gasteiger partial charge in [-0.05, 0) is 55.9 Å². The summed E-state index contributed by atoms with van der Waals surface area (Å²) in [4.78, 5) is 37.8. The topological polar surface area (TPSA) is 93.1 Å². The van der Waals surface area contributed by atoms with E-state index in [4.69, 9.17) is 14.6 Å². The molecule has 0 saturated carbocycles. The Bertz CT molecular complexity index is 980. The molecule has 7 heteroatoms. The van der Waals surface area contributed by atoms with Crippen molar-refractivity contribution >= 4 is 18.0 Å². The molecule has 0 radical (unpaired) electrons. The average Bonchev–Trinajstić information content (AvgIpc) is 3.07. The molecule has 1 N–H and O–H groups in total. The monoisotopic (exact) mass is 453 g/mol. The van der Waals surface area contributed by atoms with E-state index in [1.807, 2.05) is 36.4 Å². The van der Waals surface area contributed by atoms with Crippen molar-refractivity contribution in [1.29, 1.82) is 0 Å². The molecule has 0 spiro atoms. The fourth-order valence-electron chi connectivity index (χ4n) is 4.11. The minimum Gasteiger partial charge on any atom is -0.481 e. The second-order valence-corrected chi connectivity index (χ2v) is 9.25. The number of carbonyl (C=O) groups excluding carboxylic acids is 2. The van der Waals surface area contributed by atoms with Crippen LogP contribution in [0.3, 0.4) is 0 Å². The van der Waals surface area contributed by atoms with Gasteiger partial charge in [-0.2, -0.15) is 0 Å². The molecule has 1 aliphatic rings. The highest BCUT2D eigenvalue weighted by molar-refractivity contribution is 5.82. The van der Waals surface area contributed by atoms with Gasteiger partial charge in [0.1, 0.15) is 18.2 Å². The molecule has 7 nitrogen and oxygen atoms in total. The van der Waals surface area contributed by atoms with E-state index in [2.05, 4.69) is 12.1 Å². The van der Waals surface area contributed by atoms with Crippen molar-refractivity contribution in [3.05, 3.63) is 59.7 Å². The van der Waals surface area contributed by atoms with Crippen LogP contribution in [0.5, 0.6) is 0 Å². The van der Waals surface area contributed by atoms with Gasteiger partial charge in [-0.15, -0.1) is 0 Å². The number of carboxylic acids is 1. The minimum atomic E-state index is -0.957. The number of carbonyl (C=O) groups is 3. The van der Waals surface area contributed by atoms with E-state index in [-0.39, 0.29) is 31.8 Å². The Balaban J connectivity index is 1.72. The van der Waals surface area contributed by atoms with Gasteiger partial charge in [0, 0.05) is 19.4 Å². The molecule has 2 aromatic carbocycles. The summed E-state index contributed by atoms with van der Waals surface area (Å²) < 4.78 is 11.1. The van der Waals surface area contributed by atoms with E-state index in [1.54, 1.807) is 20.8 Å². The van der Waals surface area contributed by atoms with Gasteiger partial charge in [-0.1, -0.05) is 48.5 Å². The van der Waals surface area contributed by atoms with E-state index < -0.39 is 29.7 Å². The summed E-state index contributed by atoms with van der Waals surface area (Å²) in [6.45, 7) is 5.36. The maximum atomic E-state index is 12.9. The van der Waals surface area contributed by atoms with Gasteiger partial charge in [-0.3, -0.25) is 9.69 Å². The number of hydrogen-bond acceptors (Lipinski definition) is 5. The maximum Gasteiger partial charge on any atom is 0.410 e. The lowest BCUT2D eigenvalue weighted by atomic mass is 9.98. The molecule has 0 fully saturated rings. The molecule has 0 heterocycles. The summed E-state index contributed by atoms with van der Waals surface area (Å²) >= 11 is 0. The summed E-state index contributed by atoms with van der Waals surface area (Å²) in [5.74, 6) is -1.63. The summed E-state index contributed by atoms with van der Waals surface area (Å²) in [7, 11) is 1.48. The molecule has 0 aromatic heterocycles. The molecular formula is C26H31NO6. The van der Waals surface area contributed by atoms with E-state index >= 15 is 0 Å². The number of aliphatic carboxylic acids is 1. The summed E-state index contributed by atoms with van der Waals surface area (Å²) in [6, 6.07) is 15.2. The third-order valence-electron chi connectivity index (χ3n) is 5.64. The van der Waals surface area contributed by atoms with Crippen LogP contribution in [0, 0.1) is 0 Å². The van der Waals surface area contributed by atoms with Gasteiger partial charge in [0.25, 0.3) is 0 Å². The molecule has 33 heavy (non-hydrogen) atoms. The van der Waals surface area contributed by atoms with Gasteiger partial charge < -0.3 is 14.6 Å². The first-order valence-corrected chi connectivity index (χ1v) is 11.1. The van der Waals surface area contributed by atoms with Crippen molar-refractivity contribution in [3.63, 3.8) is 0 Å². The van der Waals surface area contributed by atoms with Crippen molar-refractivity contribution in [2.24, 2.45) is 0 Å². The first-order chi connectivity index (χ1) is 15.6. The zero-order valence-corrected chi connectivity index (χ0v) is 19.5. The molecule has 1 aliphatic carbocycles. The molecule has 3 rings (SSSR count). The van der Waals surface area contributed by atoms with Crippen LogP contribution < -0.4 is 0 Å². The summed E-state index contributed by atoms with van der Waals surface area (Å²) in [6.07, 6.45) is -0.344. The Labute approximate surface area is 194 Å². The van der Waals surface area contributed by atoms with Crippen molar-refractivity contribution < 1.29 is 29.0 Å². The number of hydrogen-bond donors (Lipinski definition) is 1. The van der Waals surface area contributed by atoms with Gasteiger partial charge in [0.2, 0.25) is 0 Å². The molecule has 0 saturated heterocycles. The molecular weight excluding hydrogens is 422 g/mol. The van der Waals surface area contributed by atoms with Crippen LogP contribution in [0.2, 0.25) is 0 Å². The number of likely N-dealkylation sites (N-methyl/N-ethyl adjacent to an activating group) is 1. The molecule has 176 valence electrons. The van der Waals surface area contributed by atoms with Crippen LogP contribution in [-0.4, -0.2) is 53.3 Å². The zero-order valence-electron chi connectivity index (χ0n) is 19.5. The minimum absolute atomic E-state index is 0.0956. The molecule has 1 amide bonds. The number of carboxylic acid groups (broad SMARTS) is 1. The van der Waals surface area contributed by atoms with Crippen molar-refractivity contribution in [1.82, 2.24) is 4.90 Å². The second-order valence-electron chi connectivity index (χ2n) is 9.25. The SMILES string of the molecule is CN(C(=O)OCC1c2ccccc2-c2ccccc21)[C@H](CCCC(=O)O)C(=O)OC(C)(C)C. The predicted octanol–water partition coefficient (Wildman–Crippen LogP) is 4.83. The Kier molecular flexibility index (Phi) is 7.41. The normalized spacial score (nSPS) is 13.6. The Hall–Kier alpha value is -3.35. The fraction of sp³-hybridized carbons (Fsp3) is 0.423. The van der Waals surface area contributed by atoms with E-state index in [0.717, 1.165) is 22.3 Å². The lowest BCUT2D eigenvalue weighted by molar-refractivity contribution is -0.161. The first-order valence-electron chi connectivity index (χ1n) is 11.1. The number of esters is 1. The summed E-state index contributed by atoms with van der Waals surface area (Å²) in [5, 5.41) is 8.94. The number of amides is 1. The summed E-state index contributed by atoms with van der Waals surface area (Å²) in [5.41, 5.74) is 3.72. The van der Waals surface area contributed by atoms with Gasteiger partial charge in [0.15, 0.2) is 0 Å². The Morgan fingerprint density at radius 2 is 1.55 bits per heavy atom. The van der Waals surface area contributed by atoms with Gasteiger partial charge in [-0.25, -0.2) is 9.59 Å². The number of fused-ring (bicyclic) bond motifs is 3. The van der Waals surface area contributed by atoms with Gasteiger partial charge in [0.05, 0.1) is 0 Å². The van der Waals surface area contributed by atoms with Crippen LogP contribution in [0.1, 0.15) is 57.1 Å². The van der Waals surface area contributed by atoms with Gasteiger partial charge >= 0.3 is 18.0 Å². The molecule has 0 aliphatic heterocycles. The lowest BCUT2D eigenvalue weighted by Crippen LogP contribution is -2.45. The van der Waals surface area contributed by atoms with E-state index in [9.17, 15) is 14.4 Å². The highest BCUT2D eigenvalue weighted by atomic mass is 16.6. The number of ether oxygens (including phenoxy) is 2. The highest BCUT2D eigenvalue weighted by Crippen LogP contribution is 2.44. The average molecular weight is 454 g/mol. The molecule has 0 bridgehead atoms. The van der Waals surface area contributed by atoms with Crippen LogP contribution in [0.25, 0.3) is 11.1 Å². The van der Waals surface area contributed by atoms with Crippen molar-refractivity contribution in [2.75, 3.05) is 13.7 Å². The van der Waals surface area contributed by atoms with Crippen LogP contribution in [-0.2, 0) is 19.1 Å². The standard InChI is InChI=1S/C26H31NO6/c1-26(2,3)33-24(30)22(14-9-15-23(28)29)27(4)25(31)32-16-21-19-12-7-5-10-17(19)18-11-6-8-13-20(18)21/h5-8,10-13,21-22H,9,14-16H2,1-4H3,(H,28,29)/t22-/m1/s1. The molecule has 1 atom stereocenters. The van der Waals surface area contributed by atoms with Crippen molar-refractivity contribution in [3.8, 4) is 11.1 Å². The van der Waals surface area contributed by atoms with Crippen LogP contribution in [0.4, 0.5) is 4.79 Å². The maximum absolute atomic E-state index is 12.9. The smallest absolute Gasteiger partial charge is 0.410 e. The number of benzene rings is 2. The Morgan fingerprint density at radius 3 is 2.06 bits per heavy atom. The second kappa shape index (κ2) is 10.1. The largest absolute Gasteiger partial charge is 0.481 e. The van der Waals surface area contributed by atoms with E-state index in [1.165, 1.54) is 11.9 Å². The third kappa shape index (κ3) is 5.92. The zero-order chi connectivity index (χ0) is 24.2. The highest BCUT2D eigenvalue weighted by Gasteiger charge is 2.34. The number of nitrogens with zero attached hydrogens (tertiary/aromatic N) is 1. The van der Waals surface area contributed by atoms with Crippen LogP contribution >= 0.6 is 0 Å². The van der Waals surface area contributed by atoms with Crippen LogP contribution in [0.15, 0.2) is 48.5 Å². The number of rotatable bonds is 8. The van der Waals surface area contributed by atoms with E-state index in [0.29, 0.717) is 0 Å². The quantitative estimate of drug-likeness (QED) is 0.576. The Morgan fingerprint density at radius 1 is 1.00 bits per heavy atom. The molecule has 2 aromatic rings. The molecule has 0 unspecified atom stereocenters. The third-order valence-corrected chi connectivity index (χ3v) is 5.64. The van der Waals surface area contributed by atoms with Crippen molar-refractivity contribution in [2.45, 2.75) is 57.6 Å². The lowest BCUT2D eigenvalue weighted by Gasteiger charge is -2.29. The predicted molar refractivity (Wildman–Crippen MR) is 124 cm³/mol. The fourth-order valence-corrected chi connectivity index (χ4v) is 4.11. The first kappa shape index (κ1) is 24.3.